The molecule has 0 bridgehead atoms. The third kappa shape index (κ3) is 3.63. The van der Waals surface area contributed by atoms with Crippen molar-refractivity contribution in [2.45, 2.75) is 12.5 Å². The van der Waals surface area contributed by atoms with Gasteiger partial charge in [-0.15, -0.1) is 11.3 Å². The normalized spacial score (nSPS) is 20.9. The van der Waals surface area contributed by atoms with Crippen molar-refractivity contribution in [1.29, 1.82) is 0 Å². The van der Waals surface area contributed by atoms with Gasteiger partial charge < -0.3 is 24.1 Å². The molecule has 4 heterocycles. The number of hydrogen-bond acceptors (Lipinski definition) is 6. The summed E-state index contributed by atoms with van der Waals surface area (Å²) in [7, 11) is 0. The maximum atomic E-state index is 13.0. The number of morpholine rings is 1. The summed E-state index contributed by atoms with van der Waals surface area (Å²) in [5.74, 6) is -0.837. The summed E-state index contributed by atoms with van der Waals surface area (Å²) in [4.78, 5) is 29.3. The predicted octanol–water partition coefficient (Wildman–Crippen LogP) is 1.22. The molecule has 2 aromatic rings. The van der Waals surface area contributed by atoms with E-state index in [1.54, 1.807) is 34.5 Å². The Kier molecular flexibility index (Phi) is 5.61. The van der Waals surface area contributed by atoms with E-state index in [2.05, 4.69) is 0 Å². The van der Waals surface area contributed by atoms with Gasteiger partial charge in [-0.1, -0.05) is 6.07 Å². The van der Waals surface area contributed by atoms with E-state index in [9.17, 15) is 14.7 Å². The zero-order valence-electron chi connectivity index (χ0n) is 15.4. The number of Topliss-reactive ketones (excluding diaryl/α,β-unsaturated/α-hetero) is 1. The zero-order chi connectivity index (χ0) is 19.5. The molecule has 148 valence electrons. The lowest BCUT2D eigenvalue weighted by Crippen LogP contribution is -3.14. The van der Waals surface area contributed by atoms with Gasteiger partial charge in [0.2, 0.25) is 5.78 Å². The van der Waals surface area contributed by atoms with Crippen LogP contribution in [0.4, 0.5) is 0 Å². The number of ether oxygens (including phenoxy) is 1. The van der Waals surface area contributed by atoms with E-state index in [-0.39, 0.29) is 11.4 Å². The Labute approximate surface area is 166 Å². The monoisotopic (exact) mass is 403 g/mol. The first-order valence-corrected chi connectivity index (χ1v) is 10.3. The number of furan rings is 1. The molecule has 2 aromatic heterocycles. The van der Waals surface area contributed by atoms with Crippen molar-refractivity contribution in [3.63, 3.8) is 0 Å². The number of amides is 1. The SMILES string of the molecule is O=C(C1=C(O)C(=O)N(CCC[NH+]2CCOCC2)[C@@H]1c1ccco1)c1cccs1. The van der Waals surface area contributed by atoms with E-state index in [4.69, 9.17) is 9.15 Å². The molecule has 4 rings (SSSR count). The van der Waals surface area contributed by atoms with Crippen molar-refractivity contribution in [3.05, 3.63) is 57.9 Å². The number of hydrogen-bond donors (Lipinski definition) is 2. The molecule has 28 heavy (non-hydrogen) atoms. The van der Waals surface area contributed by atoms with Gasteiger partial charge in [-0.25, -0.2) is 0 Å². The molecular formula is C20H23N2O5S+. The number of rotatable bonds is 7. The Hall–Kier alpha value is -2.42. The first kappa shape index (κ1) is 18.9. The van der Waals surface area contributed by atoms with Crippen LogP contribution in [0.15, 0.2) is 51.7 Å². The van der Waals surface area contributed by atoms with E-state index < -0.39 is 17.7 Å². The Bertz CT molecular complexity index is 853. The molecule has 1 amide bonds. The Morgan fingerprint density at radius 2 is 2.11 bits per heavy atom. The molecule has 0 aromatic carbocycles. The van der Waals surface area contributed by atoms with Gasteiger partial charge in [0.05, 0.1) is 36.5 Å². The van der Waals surface area contributed by atoms with Crippen molar-refractivity contribution in [2.24, 2.45) is 0 Å². The summed E-state index contributed by atoms with van der Waals surface area (Å²) < 4.78 is 10.9. The van der Waals surface area contributed by atoms with E-state index >= 15 is 0 Å². The van der Waals surface area contributed by atoms with Crippen LogP contribution in [-0.4, -0.2) is 61.1 Å². The number of carbonyl (C=O) groups excluding carboxylic acids is 2. The number of nitrogens with one attached hydrogen (secondary N) is 1. The molecule has 2 aliphatic rings. The minimum Gasteiger partial charge on any atom is -0.503 e. The van der Waals surface area contributed by atoms with Crippen LogP contribution in [0.5, 0.6) is 0 Å². The van der Waals surface area contributed by atoms with E-state index in [1.807, 2.05) is 0 Å². The van der Waals surface area contributed by atoms with Crippen LogP contribution in [0.2, 0.25) is 0 Å². The van der Waals surface area contributed by atoms with Gasteiger partial charge in [0.15, 0.2) is 5.76 Å². The maximum absolute atomic E-state index is 13.0. The minimum atomic E-state index is -0.697. The predicted molar refractivity (Wildman–Crippen MR) is 102 cm³/mol. The number of carbonyl (C=O) groups is 2. The lowest BCUT2D eigenvalue weighted by Gasteiger charge is -2.27. The highest BCUT2D eigenvalue weighted by Crippen LogP contribution is 2.39. The summed E-state index contributed by atoms with van der Waals surface area (Å²) >= 11 is 1.29. The minimum absolute atomic E-state index is 0.0983. The Morgan fingerprint density at radius 1 is 1.29 bits per heavy atom. The molecule has 1 saturated heterocycles. The fraction of sp³-hybridized carbons (Fsp3) is 0.400. The van der Waals surface area contributed by atoms with Gasteiger partial charge in [-0.2, -0.15) is 0 Å². The molecule has 0 unspecified atom stereocenters. The molecule has 8 heteroatoms. The number of ketones is 1. The number of nitrogens with zero attached hydrogens (tertiary/aromatic N) is 1. The smallest absolute Gasteiger partial charge is 0.290 e. The molecule has 0 aliphatic carbocycles. The second-order valence-electron chi connectivity index (χ2n) is 6.95. The van der Waals surface area contributed by atoms with Crippen LogP contribution in [0, 0.1) is 0 Å². The number of thiophene rings is 1. The first-order valence-electron chi connectivity index (χ1n) is 9.44. The molecule has 0 radical (unpaired) electrons. The van der Waals surface area contributed by atoms with Crippen molar-refractivity contribution in [1.82, 2.24) is 4.90 Å². The van der Waals surface area contributed by atoms with Crippen LogP contribution in [0.3, 0.4) is 0 Å². The van der Waals surface area contributed by atoms with Crippen LogP contribution in [0.1, 0.15) is 27.9 Å². The summed E-state index contributed by atoms with van der Waals surface area (Å²) in [6.07, 6.45) is 2.28. The molecule has 1 fully saturated rings. The van der Waals surface area contributed by atoms with Gasteiger partial charge in [-0.3, -0.25) is 9.59 Å². The van der Waals surface area contributed by atoms with Gasteiger partial charge in [-0.05, 0) is 23.6 Å². The van der Waals surface area contributed by atoms with Crippen LogP contribution < -0.4 is 4.90 Å². The van der Waals surface area contributed by atoms with E-state index in [1.165, 1.54) is 22.5 Å². The fourth-order valence-corrected chi connectivity index (χ4v) is 4.49. The molecule has 0 spiro atoms. The van der Waals surface area contributed by atoms with E-state index in [0.717, 1.165) is 39.3 Å². The lowest BCUT2D eigenvalue weighted by molar-refractivity contribution is -0.908. The highest BCUT2D eigenvalue weighted by atomic mass is 32.1. The zero-order valence-corrected chi connectivity index (χ0v) is 16.2. The Balaban J connectivity index is 1.54. The third-order valence-electron chi connectivity index (χ3n) is 5.24. The summed E-state index contributed by atoms with van der Waals surface area (Å²) in [6.45, 7) is 4.79. The quantitative estimate of drug-likeness (QED) is 0.680. The summed E-state index contributed by atoms with van der Waals surface area (Å²) in [5.41, 5.74) is 0.0983. The average molecular weight is 403 g/mol. The largest absolute Gasteiger partial charge is 0.503 e. The first-order chi connectivity index (χ1) is 13.7. The van der Waals surface area contributed by atoms with E-state index in [0.29, 0.717) is 17.2 Å². The van der Waals surface area contributed by atoms with Crippen molar-refractivity contribution >= 4 is 23.0 Å². The number of aliphatic hydroxyl groups is 1. The van der Waals surface area contributed by atoms with Crippen molar-refractivity contribution in [3.8, 4) is 0 Å². The average Bonchev–Trinajstić information content (AvgIpc) is 3.46. The van der Waals surface area contributed by atoms with Crippen molar-refractivity contribution in [2.75, 3.05) is 39.4 Å². The molecule has 7 nitrogen and oxygen atoms in total. The number of aliphatic hydroxyl groups excluding tert-OH is 1. The van der Waals surface area contributed by atoms with Crippen LogP contribution >= 0.6 is 11.3 Å². The molecular weight excluding hydrogens is 380 g/mol. The number of quaternary nitrogens is 1. The standard InChI is InChI=1S/C20H22N2O5S/c23-18(15-5-2-13-28-15)16-17(14-4-1-10-27-14)22(20(25)19(16)24)7-3-6-21-8-11-26-12-9-21/h1-2,4-5,10,13,17,24H,3,6-9,11-12H2/p+1/t17-/m1/s1. The highest BCUT2D eigenvalue weighted by molar-refractivity contribution is 7.12. The summed E-state index contributed by atoms with van der Waals surface area (Å²) in [5, 5.41) is 12.3. The molecule has 2 N–H and O–H groups in total. The fourth-order valence-electron chi connectivity index (χ4n) is 3.81. The van der Waals surface area contributed by atoms with Crippen molar-refractivity contribution < 1.29 is 28.7 Å². The second kappa shape index (κ2) is 8.30. The topological polar surface area (TPSA) is 84.4 Å². The van der Waals surface area contributed by atoms with Crippen LogP contribution in [-0.2, 0) is 9.53 Å². The third-order valence-corrected chi connectivity index (χ3v) is 6.10. The molecule has 2 aliphatic heterocycles. The van der Waals surface area contributed by atoms with Gasteiger partial charge >= 0.3 is 0 Å². The molecule has 1 atom stereocenters. The van der Waals surface area contributed by atoms with Gasteiger partial charge in [0, 0.05) is 13.0 Å². The lowest BCUT2D eigenvalue weighted by atomic mass is 10.00. The second-order valence-corrected chi connectivity index (χ2v) is 7.90. The highest BCUT2D eigenvalue weighted by Gasteiger charge is 2.45. The maximum Gasteiger partial charge on any atom is 0.290 e. The molecule has 0 saturated carbocycles. The van der Waals surface area contributed by atoms with Crippen LogP contribution in [0.25, 0.3) is 0 Å². The van der Waals surface area contributed by atoms with Gasteiger partial charge in [0.25, 0.3) is 5.91 Å². The Morgan fingerprint density at radius 3 is 2.79 bits per heavy atom. The summed E-state index contributed by atoms with van der Waals surface area (Å²) in [6, 6.07) is 6.23. The van der Waals surface area contributed by atoms with Gasteiger partial charge in [0.1, 0.15) is 24.9 Å².